The lowest BCUT2D eigenvalue weighted by Crippen LogP contribution is -2.32. The predicted octanol–water partition coefficient (Wildman–Crippen LogP) is 1.77. The van der Waals surface area contributed by atoms with Crippen molar-refractivity contribution in [2.24, 2.45) is 0 Å². The maximum absolute atomic E-state index is 5.46. The van der Waals surface area contributed by atoms with Crippen LogP contribution in [0.1, 0.15) is 40.5 Å². The standard InChI is InChI=1S/C7H12O2.C6H16O3Si/c1-2-3-8-5-4-6-7(5)9-6;1-4-7-10(8-5-2)9-6-3/h5-7H,2-4H2,1H3;10H,4-6H2,1-3H3. The molecule has 0 spiro atoms. The Balaban J connectivity index is 0.000000190. The van der Waals surface area contributed by atoms with Crippen LogP contribution in [0.15, 0.2) is 0 Å². The highest BCUT2D eigenvalue weighted by atomic mass is 28.3. The van der Waals surface area contributed by atoms with Crippen LogP contribution in [0.2, 0.25) is 0 Å². The van der Waals surface area contributed by atoms with E-state index < -0.39 is 9.53 Å². The van der Waals surface area contributed by atoms with Crippen molar-refractivity contribution in [1.29, 1.82) is 0 Å². The zero-order chi connectivity index (χ0) is 14.1. The molecule has 2 aliphatic rings. The van der Waals surface area contributed by atoms with Gasteiger partial charge < -0.3 is 22.8 Å². The normalized spacial score (nSPS) is 27.3. The lowest BCUT2D eigenvalue weighted by molar-refractivity contribution is 0.0197. The molecule has 1 aliphatic carbocycles. The van der Waals surface area contributed by atoms with E-state index in [0.717, 1.165) is 19.4 Å². The van der Waals surface area contributed by atoms with Crippen molar-refractivity contribution < 1.29 is 22.8 Å². The van der Waals surface area contributed by atoms with Gasteiger partial charge in [0.1, 0.15) is 6.10 Å². The molecule has 0 N–H and O–H groups in total. The lowest BCUT2D eigenvalue weighted by atomic mass is 9.96. The molecule has 1 saturated carbocycles. The quantitative estimate of drug-likeness (QED) is 0.479. The van der Waals surface area contributed by atoms with Crippen LogP contribution in [0.3, 0.4) is 0 Å². The average Bonchev–Trinajstić information content (AvgIpc) is 3.03. The number of hydrogen-bond acceptors (Lipinski definition) is 5. The minimum absolute atomic E-state index is 0.454. The zero-order valence-electron chi connectivity index (χ0n) is 12.6. The second-order valence-electron chi connectivity index (χ2n) is 4.44. The van der Waals surface area contributed by atoms with Crippen molar-refractivity contribution in [3.63, 3.8) is 0 Å². The van der Waals surface area contributed by atoms with E-state index in [4.69, 9.17) is 22.8 Å². The number of rotatable bonds is 9. The molecule has 114 valence electrons. The first-order valence-corrected chi connectivity index (χ1v) is 8.79. The van der Waals surface area contributed by atoms with E-state index in [1.54, 1.807) is 0 Å². The molecule has 0 radical (unpaired) electrons. The molecule has 1 aliphatic heterocycles. The Bertz CT molecular complexity index is 215. The Hall–Kier alpha value is 0.0169. The third-order valence-electron chi connectivity index (χ3n) is 2.90. The van der Waals surface area contributed by atoms with Crippen molar-refractivity contribution >= 4 is 9.53 Å². The molecule has 1 heterocycles. The van der Waals surface area contributed by atoms with Gasteiger partial charge in [-0.05, 0) is 27.2 Å². The number of epoxide rings is 1. The molecule has 0 amide bonds. The van der Waals surface area contributed by atoms with E-state index in [1.807, 2.05) is 20.8 Å². The summed E-state index contributed by atoms with van der Waals surface area (Å²) in [4.78, 5) is 0. The monoisotopic (exact) mass is 292 g/mol. The number of fused-ring (bicyclic) bond motifs is 1. The molecular weight excluding hydrogens is 264 g/mol. The molecule has 19 heavy (non-hydrogen) atoms. The lowest BCUT2D eigenvalue weighted by Gasteiger charge is -2.19. The molecule has 3 atom stereocenters. The summed E-state index contributed by atoms with van der Waals surface area (Å²) in [5.41, 5.74) is 0. The Morgan fingerprint density at radius 2 is 1.58 bits per heavy atom. The maximum atomic E-state index is 5.46. The largest absolute Gasteiger partial charge is 0.484 e. The van der Waals surface area contributed by atoms with Crippen LogP contribution in [0.5, 0.6) is 0 Å². The van der Waals surface area contributed by atoms with Gasteiger partial charge >= 0.3 is 9.53 Å². The van der Waals surface area contributed by atoms with E-state index in [9.17, 15) is 0 Å². The molecule has 0 aromatic rings. The third kappa shape index (κ3) is 6.33. The highest BCUT2D eigenvalue weighted by Crippen LogP contribution is 2.43. The van der Waals surface area contributed by atoms with Crippen LogP contribution in [-0.2, 0) is 22.8 Å². The molecule has 3 unspecified atom stereocenters. The van der Waals surface area contributed by atoms with Gasteiger partial charge in [-0.2, -0.15) is 0 Å². The van der Waals surface area contributed by atoms with Gasteiger partial charge in [-0.15, -0.1) is 0 Å². The second kappa shape index (κ2) is 9.85. The van der Waals surface area contributed by atoms with Crippen LogP contribution in [0, 0.1) is 0 Å². The summed E-state index contributed by atoms with van der Waals surface area (Å²) in [7, 11) is -1.73. The Morgan fingerprint density at radius 3 is 1.89 bits per heavy atom. The summed E-state index contributed by atoms with van der Waals surface area (Å²) in [6.45, 7) is 10.9. The van der Waals surface area contributed by atoms with Gasteiger partial charge in [0.2, 0.25) is 0 Å². The molecule has 2 fully saturated rings. The van der Waals surface area contributed by atoms with Crippen LogP contribution in [0.4, 0.5) is 0 Å². The predicted molar refractivity (Wildman–Crippen MR) is 75.3 cm³/mol. The zero-order valence-corrected chi connectivity index (χ0v) is 13.7. The van der Waals surface area contributed by atoms with Gasteiger partial charge in [0.05, 0.1) is 12.2 Å². The van der Waals surface area contributed by atoms with Gasteiger partial charge in [-0.25, -0.2) is 0 Å². The van der Waals surface area contributed by atoms with Crippen molar-refractivity contribution in [3.8, 4) is 0 Å². The minimum atomic E-state index is -1.73. The molecule has 0 bridgehead atoms. The van der Waals surface area contributed by atoms with Crippen molar-refractivity contribution in [3.05, 3.63) is 0 Å². The minimum Gasteiger partial charge on any atom is -0.376 e. The van der Waals surface area contributed by atoms with Crippen LogP contribution >= 0.6 is 0 Å². The van der Waals surface area contributed by atoms with E-state index in [0.29, 0.717) is 38.1 Å². The number of ether oxygens (including phenoxy) is 2. The smallest absolute Gasteiger partial charge is 0.376 e. The highest BCUT2D eigenvalue weighted by molar-refractivity contribution is 6.36. The SMILES string of the molecule is CCCOC1CC2OC12.CCO[SiH](OCC)OCC. The maximum Gasteiger partial charge on any atom is 0.484 e. The first-order chi connectivity index (χ1) is 9.26. The molecule has 0 aromatic heterocycles. The first kappa shape index (κ1) is 17.1. The molecule has 5 nitrogen and oxygen atoms in total. The molecule has 6 heteroatoms. The molecule has 1 saturated heterocycles. The van der Waals surface area contributed by atoms with Crippen LogP contribution < -0.4 is 0 Å². The van der Waals surface area contributed by atoms with Crippen molar-refractivity contribution in [2.45, 2.75) is 58.8 Å². The van der Waals surface area contributed by atoms with Gasteiger partial charge in [0.25, 0.3) is 0 Å². The highest BCUT2D eigenvalue weighted by Gasteiger charge is 2.56. The molecule has 2 rings (SSSR count). The summed E-state index contributed by atoms with van der Waals surface area (Å²) in [6, 6.07) is 0. The van der Waals surface area contributed by atoms with Gasteiger partial charge in [-0.1, -0.05) is 6.92 Å². The average molecular weight is 292 g/mol. The van der Waals surface area contributed by atoms with E-state index in [1.165, 1.54) is 0 Å². The van der Waals surface area contributed by atoms with Crippen molar-refractivity contribution in [1.82, 2.24) is 0 Å². The van der Waals surface area contributed by atoms with Gasteiger partial charge in [-0.3, -0.25) is 0 Å². The summed E-state index contributed by atoms with van der Waals surface area (Å²) in [5.74, 6) is 0. The summed E-state index contributed by atoms with van der Waals surface area (Å²) in [5, 5.41) is 0. The number of hydrogen-bond donors (Lipinski definition) is 0. The third-order valence-corrected chi connectivity index (χ3v) is 4.71. The van der Waals surface area contributed by atoms with Crippen LogP contribution in [-0.4, -0.2) is 54.3 Å². The summed E-state index contributed by atoms with van der Waals surface area (Å²) >= 11 is 0. The van der Waals surface area contributed by atoms with Gasteiger partial charge in [0, 0.05) is 32.8 Å². The fourth-order valence-electron chi connectivity index (χ4n) is 1.83. The van der Waals surface area contributed by atoms with Crippen LogP contribution in [0.25, 0.3) is 0 Å². The first-order valence-electron chi connectivity index (χ1n) is 7.38. The van der Waals surface area contributed by atoms with Crippen molar-refractivity contribution in [2.75, 3.05) is 26.4 Å². The fourth-order valence-corrected chi connectivity index (χ4v) is 2.93. The fraction of sp³-hybridized carbons (Fsp3) is 1.00. The summed E-state index contributed by atoms with van der Waals surface area (Å²) < 4.78 is 26.3. The molecule has 0 aromatic carbocycles. The Morgan fingerprint density at radius 1 is 1.00 bits per heavy atom. The van der Waals surface area contributed by atoms with E-state index in [2.05, 4.69) is 6.92 Å². The molecular formula is C13H28O5Si. The Kier molecular flexibility index (Phi) is 8.85. The second-order valence-corrected chi connectivity index (χ2v) is 6.02. The topological polar surface area (TPSA) is 49.5 Å². The van der Waals surface area contributed by atoms with Gasteiger partial charge in [0.15, 0.2) is 0 Å². The van der Waals surface area contributed by atoms with E-state index >= 15 is 0 Å². The Labute approximate surface area is 118 Å². The van der Waals surface area contributed by atoms with E-state index in [-0.39, 0.29) is 0 Å². The summed E-state index contributed by atoms with van der Waals surface area (Å²) in [6.07, 6.45) is 3.80.